The predicted octanol–water partition coefficient (Wildman–Crippen LogP) is 22.8. The van der Waals surface area contributed by atoms with Gasteiger partial charge in [-0.15, -0.1) is 0 Å². The molecule has 2 atom stereocenters. The number of carboxylic acids is 1. The molecule has 0 aromatic carbocycles. The van der Waals surface area contributed by atoms with Crippen molar-refractivity contribution in [1.82, 2.24) is 0 Å². The lowest BCUT2D eigenvalue weighted by Crippen LogP contribution is -2.40. The van der Waals surface area contributed by atoms with Gasteiger partial charge < -0.3 is 28.5 Å². The molecule has 0 bridgehead atoms. The fourth-order valence-electron chi connectivity index (χ4n) is 9.25. The summed E-state index contributed by atoms with van der Waals surface area (Å²) < 4.78 is 23.0. The van der Waals surface area contributed by atoms with Crippen molar-refractivity contribution in [2.24, 2.45) is 0 Å². The zero-order valence-corrected chi connectivity index (χ0v) is 58.4. The van der Waals surface area contributed by atoms with Gasteiger partial charge in [0.05, 0.1) is 34.4 Å². The molecule has 0 radical (unpaired) electrons. The highest BCUT2D eigenvalue weighted by molar-refractivity contribution is 5.71. The van der Waals surface area contributed by atoms with Crippen LogP contribution in [0.1, 0.15) is 258 Å². The Morgan fingerprint density at radius 2 is 0.593 bits per heavy atom. The Labute approximate surface area is 558 Å². The molecule has 0 rings (SSSR count). The predicted molar refractivity (Wildman–Crippen MR) is 391 cm³/mol. The van der Waals surface area contributed by atoms with Crippen molar-refractivity contribution >= 4 is 17.9 Å². The number of quaternary nitrogens is 1. The third kappa shape index (κ3) is 71.7. The maximum Gasteiger partial charge on any atom is 0.361 e. The molecular formula is C82H132NO8+. The molecule has 2 unspecified atom stereocenters. The van der Waals surface area contributed by atoms with Gasteiger partial charge in [-0.1, -0.05) is 292 Å². The van der Waals surface area contributed by atoms with E-state index in [1.807, 2.05) is 21.1 Å². The average molecular weight is 1260 g/mol. The van der Waals surface area contributed by atoms with Crippen LogP contribution in [-0.4, -0.2) is 87.4 Å². The van der Waals surface area contributed by atoms with Crippen LogP contribution in [0.4, 0.5) is 0 Å². The van der Waals surface area contributed by atoms with E-state index in [1.165, 1.54) is 77.0 Å². The van der Waals surface area contributed by atoms with Crippen LogP contribution in [-0.2, 0) is 33.3 Å². The van der Waals surface area contributed by atoms with Crippen molar-refractivity contribution in [2.45, 2.75) is 270 Å². The van der Waals surface area contributed by atoms with Crippen molar-refractivity contribution in [3.05, 3.63) is 182 Å². The summed E-state index contributed by atoms with van der Waals surface area (Å²) in [7, 11) is 5.96. The third-order valence-corrected chi connectivity index (χ3v) is 14.7. The highest BCUT2D eigenvalue weighted by atomic mass is 16.7. The summed E-state index contributed by atoms with van der Waals surface area (Å²) in [5, 5.41) is 9.76. The van der Waals surface area contributed by atoms with Gasteiger partial charge in [-0.05, 0) is 135 Å². The fraction of sp³-hybridized carbons (Fsp3) is 0.598. The number of ether oxygens (including phenoxy) is 4. The van der Waals surface area contributed by atoms with Crippen LogP contribution in [0, 0.1) is 0 Å². The number of allylic oxidation sites excluding steroid dienone is 30. The Morgan fingerprint density at radius 3 is 0.879 bits per heavy atom. The lowest BCUT2D eigenvalue weighted by atomic mass is 10.0. The zero-order valence-electron chi connectivity index (χ0n) is 58.4. The number of nitrogens with zero attached hydrogens (tertiary/aromatic N) is 1. The first-order valence-corrected chi connectivity index (χ1v) is 35.9. The molecule has 0 fully saturated rings. The largest absolute Gasteiger partial charge is 0.477 e. The Balaban J connectivity index is 4.21. The Hall–Kier alpha value is -5.61. The number of carbonyl (C=O) groups is 3. The molecule has 0 aromatic heterocycles. The first-order valence-electron chi connectivity index (χ1n) is 35.9. The second-order valence-corrected chi connectivity index (χ2v) is 24.4. The monoisotopic (exact) mass is 1260 g/mol. The molecule has 9 heteroatoms. The average Bonchev–Trinajstić information content (AvgIpc) is 3.46. The lowest BCUT2D eigenvalue weighted by molar-refractivity contribution is -0.870. The molecule has 0 amide bonds. The minimum atomic E-state index is -1.53. The smallest absolute Gasteiger partial charge is 0.361 e. The van der Waals surface area contributed by atoms with Gasteiger partial charge in [-0.25, -0.2) is 4.79 Å². The minimum absolute atomic E-state index is 0.174. The summed E-state index contributed by atoms with van der Waals surface area (Å²) in [5.41, 5.74) is 0. The van der Waals surface area contributed by atoms with Crippen molar-refractivity contribution < 1.29 is 42.9 Å². The summed E-state index contributed by atoms with van der Waals surface area (Å²) in [6.45, 7) is 4.61. The quantitative estimate of drug-likeness (QED) is 0.0211. The van der Waals surface area contributed by atoms with E-state index in [0.29, 0.717) is 17.4 Å². The number of carbonyl (C=O) groups excluding carboxylic acids is 2. The van der Waals surface area contributed by atoms with Gasteiger partial charge in [0.25, 0.3) is 6.29 Å². The van der Waals surface area contributed by atoms with Crippen LogP contribution in [0.3, 0.4) is 0 Å². The van der Waals surface area contributed by atoms with Gasteiger partial charge in [-0.2, -0.15) is 0 Å². The second kappa shape index (κ2) is 70.3. The van der Waals surface area contributed by atoms with Crippen LogP contribution >= 0.6 is 0 Å². The van der Waals surface area contributed by atoms with Crippen LogP contribution < -0.4 is 0 Å². The molecule has 0 aliphatic rings. The SMILES string of the molecule is CC/C=C\C/C=C\C/C=C\C/C=C\C/C=C\C/C=C\C/C=C\C/C=C\C/C=C\CCCCCCCC(=O)OC(COC(=O)CCCCCCCCCCCCCCCC/C=C\C/C=C\C/C=C\C/C=C\C/C=C\C/C=C\CC)COC(OCC[N+](C)(C)C)C(=O)O. The van der Waals surface area contributed by atoms with Crippen LogP contribution in [0.15, 0.2) is 182 Å². The molecule has 0 spiro atoms. The van der Waals surface area contributed by atoms with Gasteiger partial charge in [0.15, 0.2) is 6.10 Å². The number of unbranched alkanes of at least 4 members (excludes halogenated alkanes) is 19. The summed E-state index contributed by atoms with van der Waals surface area (Å²) in [4.78, 5) is 37.7. The van der Waals surface area contributed by atoms with Crippen molar-refractivity contribution in [2.75, 3.05) is 47.5 Å². The Morgan fingerprint density at radius 1 is 0.330 bits per heavy atom. The van der Waals surface area contributed by atoms with Gasteiger partial charge >= 0.3 is 17.9 Å². The Kier molecular flexibility index (Phi) is 65.9. The number of aliphatic carboxylic acids is 1. The first-order chi connectivity index (χ1) is 44.6. The van der Waals surface area contributed by atoms with Crippen molar-refractivity contribution in [3.8, 4) is 0 Å². The molecule has 0 saturated heterocycles. The minimum Gasteiger partial charge on any atom is -0.477 e. The van der Waals surface area contributed by atoms with Gasteiger partial charge in [-0.3, -0.25) is 9.59 Å². The highest BCUT2D eigenvalue weighted by Gasteiger charge is 2.25. The van der Waals surface area contributed by atoms with E-state index in [1.54, 1.807) is 0 Å². The third-order valence-electron chi connectivity index (χ3n) is 14.7. The topological polar surface area (TPSA) is 108 Å². The fourth-order valence-corrected chi connectivity index (χ4v) is 9.25. The summed E-state index contributed by atoms with van der Waals surface area (Å²) in [5.74, 6) is -2.05. The molecular weight excluding hydrogens is 1130 g/mol. The molecule has 0 aliphatic carbocycles. The number of hydrogen-bond donors (Lipinski definition) is 1. The molecule has 9 nitrogen and oxygen atoms in total. The second-order valence-electron chi connectivity index (χ2n) is 24.4. The van der Waals surface area contributed by atoms with E-state index in [-0.39, 0.29) is 38.6 Å². The number of hydrogen-bond acceptors (Lipinski definition) is 7. The normalized spacial score (nSPS) is 13.8. The standard InChI is InChI=1S/C82H131NO8/c1-6-8-10-12-14-16-18-20-22-24-26-28-30-32-34-36-38-40-42-44-46-48-50-52-54-56-58-60-62-64-66-68-70-72-79(84)89-76-78(77-90-82(81(86)87)88-75-74-83(3,4)5)91-80(85)73-71-69-67-65-63-61-59-57-55-53-51-49-47-45-43-41-39-37-35-33-31-29-27-25-23-21-19-17-15-13-11-9-7-2/h8-11,14-17,20-23,26-29,32-35,38-41,45,47,51,53,57,59,78,82H,6-7,12-13,18-19,24-25,30-31,36-37,42-44,46,48-50,52,54-56,58,60-77H2,1-5H3/p+1/b10-8-,11-9-,16-14-,17-15-,22-20-,23-21-,28-26-,29-27-,34-32-,35-33-,40-38-,41-39-,47-45-,53-51-,59-57-. The lowest BCUT2D eigenvalue weighted by Gasteiger charge is -2.25. The molecule has 512 valence electrons. The van der Waals surface area contributed by atoms with Crippen LogP contribution in [0.25, 0.3) is 0 Å². The van der Waals surface area contributed by atoms with Gasteiger partial charge in [0, 0.05) is 12.8 Å². The van der Waals surface area contributed by atoms with Crippen molar-refractivity contribution in [3.63, 3.8) is 0 Å². The zero-order chi connectivity index (χ0) is 66.1. The number of rotatable bonds is 64. The van der Waals surface area contributed by atoms with Gasteiger partial charge in [0.1, 0.15) is 13.2 Å². The summed E-state index contributed by atoms with van der Waals surface area (Å²) in [6, 6.07) is 0. The number of likely N-dealkylation sites (N-methyl/N-ethyl adjacent to an activating group) is 1. The molecule has 0 aliphatic heterocycles. The highest BCUT2D eigenvalue weighted by Crippen LogP contribution is 2.16. The molecule has 0 aromatic rings. The van der Waals surface area contributed by atoms with E-state index in [2.05, 4.69) is 196 Å². The van der Waals surface area contributed by atoms with Crippen LogP contribution in [0.2, 0.25) is 0 Å². The van der Waals surface area contributed by atoms with E-state index in [9.17, 15) is 19.5 Å². The maximum atomic E-state index is 13.0. The molecule has 91 heavy (non-hydrogen) atoms. The number of esters is 2. The summed E-state index contributed by atoms with van der Waals surface area (Å²) in [6.07, 6.45) is 104. The van der Waals surface area contributed by atoms with Crippen molar-refractivity contribution in [1.29, 1.82) is 0 Å². The van der Waals surface area contributed by atoms with E-state index < -0.39 is 24.3 Å². The first kappa shape index (κ1) is 85.4. The van der Waals surface area contributed by atoms with Gasteiger partial charge in [0.2, 0.25) is 0 Å². The van der Waals surface area contributed by atoms with E-state index in [0.717, 1.165) is 148 Å². The van der Waals surface area contributed by atoms with E-state index >= 15 is 0 Å². The number of carboxylic acid groups (broad SMARTS) is 1. The molecule has 0 saturated carbocycles. The molecule has 0 heterocycles. The van der Waals surface area contributed by atoms with E-state index in [4.69, 9.17) is 18.9 Å². The molecule has 1 N–H and O–H groups in total. The maximum absolute atomic E-state index is 13.0. The van der Waals surface area contributed by atoms with Crippen LogP contribution in [0.5, 0.6) is 0 Å². The summed E-state index contributed by atoms with van der Waals surface area (Å²) >= 11 is 0. The Bertz CT molecular complexity index is 2150.